The Labute approximate surface area is 112 Å². The zero-order valence-corrected chi connectivity index (χ0v) is 12.7. The van der Waals surface area contributed by atoms with E-state index in [4.69, 9.17) is 13.8 Å². The molecule has 0 spiro atoms. The maximum Gasteiger partial charge on any atom is 0.370 e. The predicted octanol–water partition coefficient (Wildman–Crippen LogP) is 2.84. The van der Waals surface area contributed by atoms with Gasteiger partial charge in [0, 0.05) is 0 Å². The van der Waals surface area contributed by atoms with E-state index in [2.05, 4.69) is 25.3 Å². The molecule has 0 aliphatic carbocycles. The minimum atomic E-state index is -3.72. The summed E-state index contributed by atoms with van der Waals surface area (Å²) in [5.41, 5.74) is 0. The third-order valence-electron chi connectivity index (χ3n) is 1.55. The van der Waals surface area contributed by atoms with Gasteiger partial charge in [0.2, 0.25) is 0 Å². The zero-order chi connectivity index (χ0) is 13.5. The molecule has 0 aliphatic rings. The largest absolute Gasteiger partial charge is 0.462 e. The van der Waals surface area contributed by atoms with Crippen molar-refractivity contribution in [3.63, 3.8) is 0 Å². The average molecular weight is 300 g/mol. The number of thiol groups is 2. The Morgan fingerprint density at radius 1 is 1.06 bits per heavy atom. The van der Waals surface area contributed by atoms with E-state index in [-0.39, 0.29) is 29.4 Å². The molecule has 0 radical (unpaired) electrons. The lowest BCUT2D eigenvalue weighted by Gasteiger charge is -2.19. The fourth-order valence-electron chi connectivity index (χ4n) is 1.03. The molecule has 0 amide bonds. The Bertz CT molecular complexity index is 328. The maximum absolute atomic E-state index is 12.4. The van der Waals surface area contributed by atoms with E-state index in [1.807, 2.05) is 0 Å². The van der Waals surface area contributed by atoms with Gasteiger partial charge in [-0.05, 0) is 20.8 Å². The van der Waals surface area contributed by atoms with Crippen LogP contribution in [0, 0.1) is 0 Å². The van der Waals surface area contributed by atoms with Crippen molar-refractivity contribution in [1.29, 1.82) is 0 Å². The highest BCUT2D eigenvalue weighted by Crippen LogP contribution is 2.58. The van der Waals surface area contributed by atoms with Crippen LogP contribution < -0.4 is 0 Å². The summed E-state index contributed by atoms with van der Waals surface area (Å²) in [6, 6.07) is 0. The molecule has 0 aliphatic heterocycles. The highest BCUT2D eigenvalue weighted by Gasteiger charge is 2.37. The molecule has 8 heteroatoms. The van der Waals surface area contributed by atoms with E-state index in [0.717, 1.165) is 0 Å². The van der Waals surface area contributed by atoms with Gasteiger partial charge in [-0.2, -0.15) is 0 Å². The highest BCUT2D eigenvalue weighted by molar-refractivity contribution is 8.05. The first-order valence-corrected chi connectivity index (χ1v) is 7.55. The van der Waals surface area contributed by atoms with Gasteiger partial charge in [-0.15, -0.1) is 25.3 Å². The van der Waals surface area contributed by atoms with Crippen LogP contribution in [0.1, 0.15) is 20.8 Å². The lowest BCUT2D eigenvalue weighted by atomic mass is 10.6. The molecule has 100 valence electrons. The smallest absolute Gasteiger partial charge is 0.370 e. The lowest BCUT2D eigenvalue weighted by Crippen LogP contribution is -2.12. The normalized spacial score (nSPS) is 11.1. The number of hydrogen-bond donors (Lipinski definition) is 2. The molecular weight excluding hydrogens is 283 g/mol. The second kappa shape index (κ2) is 8.21. The Morgan fingerprint density at radius 3 is 1.82 bits per heavy atom. The topological polar surface area (TPSA) is 61.8 Å². The van der Waals surface area contributed by atoms with Gasteiger partial charge in [0.25, 0.3) is 0 Å². The van der Waals surface area contributed by atoms with E-state index >= 15 is 0 Å². The van der Waals surface area contributed by atoms with Gasteiger partial charge < -0.3 is 13.8 Å². The Hall–Kier alpha value is 0.0600. The van der Waals surface area contributed by atoms with Crippen LogP contribution in [0.25, 0.3) is 0 Å². The number of esters is 1. The monoisotopic (exact) mass is 300 g/mol. The van der Waals surface area contributed by atoms with Crippen molar-refractivity contribution in [2.75, 3.05) is 19.8 Å². The first-order chi connectivity index (χ1) is 7.92. The Morgan fingerprint density at radius 2 is 1.53 bits per heavy atom. The molecule has 0 unspecified atom stereocenters. The second-order valence-electron chi connectivity index (χ2n) is 2.73. The summed E-state index contributed by atoms with van der Waals surface area (Å²) in [5, 5.41) is -0.269. The Kier molecular flexibility index (Phi) is 8.24. The summed E-state index contributed by atoms with van der Waals surface area (Å²) in [5.74, 6) is -0.794. The summed E-state index contributed by atoms with van der Waals surface area (Å²) >= 11 is 7.83. The van der Waals surface area contributed by atoms with Crippen molar-refractivity contribution in [2.24, 2.45) is 0 Å². The van der Waals surface area contributed by atoms with Crippen molar-refractivity contribution >= 4 is 38.8 Å². The highest BCUT2D eigenvalue weighted by atomic mass is 32.2. The molecule has 0 aromatic heterocycles. The molecule has 0 rings (SSSR count). The molecule has 0 N–H and O–H groups in total. The van der Waals surface area contributed by atoms with Crippen molar-refractivity contribution in [2.45, 2.75) is 20.8 Å². The minimum absolute atomic E-state index is 0.0336. The van der Waals surface area contributed by atoms with Gasteiger partial charge in [0.1, 0.15) is 0 Å². The van der Waals surface area contributed by atoms with E-state index in [1.54, 1.807) is 20.8 Å². The molecule has 0 fully saturated rings. The molecule has 0 atom stereocenters. The molecule has 0 heterocycles. The summed E-state index contributed by atoms with van der Waals surface area (Å²) < 4.78 is 27.2. The number of hydrogen-bond acceptors (Lipinski definition) is 7. The van der Waals surface area contributed by atoms with Gasteiger partial charge >= 0.3 is 13.6 Å². The molecular formula is C9H17O5PS2. The van der Waals surface area contributed by atoms with E-state index in [0.29, 0.717) is 0 Å². The molecule has 0 bridgehead atoms. The van der Waals surface area contributed by atoms with Gasteiger partial charge in [-0.3, -0.25) is 4.57 Å². The summed E-state index contributed by atoms with van der Waals surface area (Å²) in [4.78, 5) is 11.7. The predicted molar refractivity (Wildman–Crippen MR) is 72.5 cm³/mol. The van der Waals surface area contributed by atoms with Gasteiger partial charge in [-0.25, -0.2) is 4.79 Å². The molecule has 0 aromatic rings. The van der Waals surface area contributed by atoms with E-state index < -0.39 is 13.6 Å². The Balaban J connectivity index is 5.35. The van der Waals surface area contributed by atoms with Crippen molar-refractivity contribution < 1.29 is 23.1 Å². The standard InChI is InChI=1S/C9H17O5PS2/c1-4-12-8(10)7(9(16)17)15(11,13-5-2)14-6-3/h16-17H,4-6H2,1-3H3. The average Bonchev–Trinajstić information content (AvgIpc) is 2.17. The van der Waals surface area contributed by atoms with Crippen LogP contribution in [-0.4, -0.2) is 25.8 Å². The number of carbonyl (C=O) groups excluding carboxylic acids is 1. The van der Waals surface area contributed by atoms with Gasteiger partial charge in [0.05, 0.1) is 24.1 Å². The van der Waals surface area contributed by atoms with Gasteiger partial charge in [0.15, 0.2) is 5.31 Å². The number of rotatable bonds is 7. The van der Waals surface area contributed by atoms with Crippen LogP contribution >= 0.6 is 32.9 Å². The molecule has 0 saturated heterocycles. The van der Waals surface area contributed by atoms with E-state index in [9.17, 15) is 9.36 Å². The lowest BCUT2D eigenvalue weighted by molar-refractivity contribution is -0.137. The van der Waals surface area contributed by atoms with Crippen molar-refractivity contribution in [3.8, 4) is 0 Å². The fourth-order valence-corrected chi connectivity index (χ4v) is 3.49. The third-order valence-corrected chi connectivity index (χ3v) is 4.50. The van der Waals surface area contributed by atoms with Crippen molar-refractivity contribution in [3.05, 3.63) is 9.55 Å². The van der Waals surface area contributed by atoms with Crippen LogP contribution in [0.4, 0.5) is 0 Å². The van der Waals surface area contributed by atoms with Crippen molar-refractivity contribution in [1.82, 2.24) is 0 Å². The summed E-state index contributed by atoms with van der Waals surface area (Å²) in [6.07, 6.45) is 0. The van der Waals surface area contributed by atoms with Crippen LogP contribution in [0.15, 0.2) is 9.55 Å². The molecule has 17 heavy (non-hydrogen) atoms. The minimum Gasteiger partial charge on any atom is -0.462 e. The number of ether oxygens (including phenoxy) is 1. The first-order valence-electron chi connectivity index (χ1n) is 5.11. The van der Waals surface area contributed by atoms with E-state index in [1.165, 1.54) is 0 Å². The zero-order valence-electron chi connectivity index (χ0n) is 10.0. The van der Waals surface area contributed by atoms with Crippen LogP contribution in [0.2, 0.25) is 0 Å². The first kappa shape index (κ1) is 17.1. The molecule has 5 nitrogen and oxygen atoms in total. The SMILES string of the molecule is CCOC(=O)C(=C(S)S)P(=O)(OCC)OCC. The van der Waals surface area contributed by atoms with Crippen LogP contribution in [0.5, 0.6) is 0 Å². The third kappa shape index (κ3) is 5.06. The molecule has 0 aromatic carbocycles. The molecule has 0 saturated carbocycles. The quantitative estimate of drug-likeness (QED) is 0.328. The van der Waals surface area contributed by atoms with Gasteiger partial charge in [-0.1, -0.05) is 0 Å². The van der Waals surface area contributed by atoms with Crippen LogP contribution in [-0.2, 0) is 23.1 Å². The maximum atomic E-state index is 12.4. The summed E-state index contributed by atoms with van der Waals surface area (Å²) in [6.45, 7) is 5.34. The van der Waals surface area contributed by atoms with Crippen LogP contribution in [0.3, 0.4) is 0 Å². The second-order valence-corrected chi connectivity index (χ2v) is 5.93. The summed E-state index contributed by atoms with van der Waals surface area (Å²) in [7, 11) is -3.72. The number of carbonyl (C=O) groups is 1. The fraction of sp³-hybridized carbons (Fsp3) is 0.667.